The second-order valence-corrected chi connectivity index (χ2v) is 10.4. The first kappa shape index (κ1) is 23.4. The van der Waals surface area contributed by atoms with E-state index in [1.54, 1.807) is 47.3 Å². The summed E-state index contributed by atoms with van der Waals surface area (Å²) < 4.78 is 27.0. The Morgan fingerprint density at radius 2 is 1.50 bits per heavy atom. The van der Waals surface area contributed by atoms with E-state index in [1.165, 1.54) is 0 Å². The summed E-state index contributed by atoms with van der Waals surface area (Å²) >= 11 is 0. The third-order valence-corrected chi connectivity index (χ3v) is 7.59. The Kier molecular flexibility index (Phi) is 6.60. The Balaban J connectivity index is 1.45. The van der Waals surface area contributed by atoms with Crippen LogP contribution >= 0.6 is 0 Å². The fraction of sp³-hybridized carbons (Fsp3) is 0.107. The van der Waals surface area contributed by atoms with E-state index in [1.807, 2.05) is 60.7 Å². The Morgan fingerprint density at radius 1 is 0.861 bits per heavy atom. The number of nitrogens with zero attached hydrogens (tertiary/aromatic N) is 3. The van der Waals surface area contributed by atoms with Gasteiger partial charge in [0, 0.05) is 12.1 Å². The molecule has 0 fully saturated rings. The average Bonchev–Trinajstić information content (AvgIpc) is 3.32. The minimum atomic E-state index is -3.51. The van der Waals surface area contributed by atoms with Crippen LogP contribution in [0.5, 0.6) is 0 Å². The molecule has 0 saturated carbocycles. The standard InChI is InChI=1S/C28H24N4O3S/c33-28(29-16-17-36(34,35)23-14-8-3-9-15-23)24-18-26(22-12-6-2-7-13-22)31-27-25(24)19-30-32(27)20-21-10-4-1-5-11-21/h1-15,18-19H,16-17,20H2,(H,29,33). The minimum Gasteiger partial charge on any atom is -0.351 e. The maximum absolute atomic E-state index is 13.3. The number of fused-ring (bicyclic) bond motifs is 1. The largest absolute Gasteiger partial charge is 0.351 e. The van der Waals surface area contributed by atoms with Gasteiger partial charge in [-0.15, -0.1) is 0 Å². The average molecular weight is 497 g/mol. The van der Waals surface area contributed by atoms with Crippen molar-refractivity contribution >= 4 is 26.8 Å². The molecule has 0 radical (unpaired) electrons. The number of carbonyl (C=O) groups excluding carboxylic acids is 1. The first-order valence-corrected chi connectivity index (χ1v) is 13.2. The molecule has 0 unspecified atom stereocenters. The molecule has 7 nitrogen and oxygen atoms in total. The number of carbonyl (C=O) groups is 1. The second-order valence-electron chi connectivity index (χ2n) is 8.33. The molecule has 2 heterocycles. The summed E-state index contributed by atoms with van der Waals surface area (Å²) in [6.45, 7) is 0.491. The molecule has 1 N–H and O–H groups in total. The van der Waals surface area contributed by atoms with Gasteiger partial charge >= 0.3 is 0 Å². The van der Waals surface area contributed by atoms with Crippen LogP contribution in [0, 0.1) is 0 Å². The molecule has 0 atom stereocenters. The van der Waals surface area contributed by atoms with Crippen LogP contribution in [0.1, 0.15) is 15.9 Å². The summed E-state index contributed by atoms with van der Waals surface area (Å²) in [4.78, 5) is 18.3. The van der Waals surface area contributed by atoms with E-state index in [2.05, 4.69) is 10.4 Å². The first-order valence-electron chi connectivity index (χ1n) is 11.5. The fourth-order valence-corrected chi connectivity index (χ4v) is 5.18. The van der Waals surface area contributed by atoms with E-state index in [9.17, 15) is 13.2 Å². The van der Waals surface area contributed by atoms with Gasteiger partial charge in [-0.3, -0.25) is 4.79 Å². The third kappa shape index (κ3) is 5.04. The molecule has 180 valence electrons. The highest BCUT2D eigenvalue weighted by atomic mass is 32.2. The van der Waals surface area contributed by atoms with Crippen molar-refractivity contribution < 1.29 is 13.2 Å². The molecular formula is C28H24N4O3S. The van der Waals surface area contributed by atoms with Crippen molar-refractivity contribution in [3.63, 3.8) is 0 Å². The van der Waals surface area contributed by atoms with Crippen molar-refractivity contribution in [1.29, 1.82) is 0 Å². The Labute approximate surface area is 209 Å². The quantitative estimate of drug-likeness (QED) is 0.345. The van der Waals surface area contributed by atoms with E-state index in [4.69, 9.17) is 4.98 Å². The van der Waals surface area contributed by atoms with Gasteiger partial charge in [0.25, 0.3) is 5.91 Å². The van der Waals surface area contributed by atoms with Gasteiger partial charge in [0.2, 0.25) is 0 Å². The molecular weight excluding hydrogens is 472 g/mol. The van der Waals surface area contributed by atoms with Crippen molar-refractivity contribution in [2.24, 2.45) is 0 Å². The molecule has 5 aromatic rings. The van der Waals surface area contributed by atoms with Gasteiger partial charge < -0.3 is 5.32 Å². The Morgan fingerprint density at radius 3 is 2.19 bits per heavy atom. The number of benzene rings is 3. The van der Waals surface area contributed by atoms with Crippen molar-refractivity contribution in [2.45, 2.75) is 11.4 Å². The summed E-state index contributed by atoms with van der Waals surface area (Å²) in [6.07, 6.45) is 1.63. The van der Waals surface area contributed by atoms with Crippen molar-refractivity contribution in [1.82, 2.24) is 20.1 Å². The molecule has 36 heavy (non-hydrogen) atoms. The number of aromatic nitrogens is 3. The van der Waals surface area contributed by atoms with E-state index in [-0.39, 0.29) is 23.1 Å². The smallest absolute Gasteiger partial charge is 0.252 e. The SMILES string of the molecule is O=C(NCCS(=O)(=O)c1ccccc1)c1cc(-c2ccccc2)nc2c1cnn2Cc1ccccc1. The molecule has 1 amide bonds. The van der Waals surface area contributed by atoms with Crippen LogP contribution in [0.2, 0.25) is 0 Å². The predicted molar refractivity (Wildman–Crippen MR) is 139 cm³/mol. The number of rotatable bonds is 8. The molecule has 0 saturated heterocycles. The second kappa shape index (κ2) is 10.1. The van der Waals surface area contributed by atoms with Crippen molar-refractivity contribution in [2.75, 3.05) is 12.3 Å². The van der Waals surface area contributed by atoms with E-state index >= 15 is 0 Å². The van der Waals surface area contributed by atoms with Crippen molar-refractivity contribution in [3.8, 4) is 11.3 Å². The maximum atomic E-state index is 13.3. The number of pyridine rings is 1. The zero-order chi connectivity index (χ0) is 25.0. The Bertz CT molecular complexity index is 1600. The number of nitrogens with one attached hydrogen (secondary N) is 1. The van der Waals surface area contributed by atoms with Crippen LogP contribution in [0.4, 0.5) is 0 Å². The monoisotopic (exact) mass is 496 g/mol. The molecule has 0 spiro atoms. The maximum Gasteiger partial charge on any atom is 0.252 e. The molecule has 0 aliphatic heterocycles. The van der Waals surface area contributed by atoms with Gasteiger partial charge in [-0.05, 0) is 23.8 Å². The van der Waals surface area contributed by atoms with Crippen LogP contribution in [-0.4, -0.2) is 41.4 Å². The van der Waals surface area contributed by atoms with E-state index in [0.29, 0.717) is 28.8 Å². The highest BCUT2D eigenvalue weighted by Gasteiger charge is 2.19. The lowest BCUT2D eigenvalue weighted by molar-refractivity contribution is 0.0957. The molecule has 8 heteroatoms. The summed E-state index contributed by atoms with van der Waals surface area (Å²) in [5, 5.41) is 7.88. The molecule has 2 aromatic heterocycles. The van der Waals surface area contributed by atoms with Crippen LogP contribution in [0.3, 0.4) is 0 Å². The van der Waals surface area contributed by atoms with Gasteiger partial charge in [0.05, 0.1) is 40.0 Å². The van der Waals surface area contributed by atoms with Crippen LogP contribution in [-0.2, 0) is 16.4 Å². The summed E-state index contributed by atoms with van der Waals surface area (Å²) in [5.41, 5.74) is 3.55. The highest BCUT2D eigenvalue weighted by Crippen LogP contribution is 2.25. The lowest BCUT2D eigenvalue weighted by atomic mass is 10.1. The lowest BCUT2D eigenvalue weighted by Gasteiger charge is -2.10. The Hall–Kier alpha value is -4.30. The molecule has 0 bridgehead atoms. The zero-order valence-electron chi connectivity index (χ0n) is 19.4. The number of hydrogen-bond acceptors (Lipinski definition) is 5. The van der Waals surface area contributed by atoms with Gasteiger partial charge in [0.1, 0.15) is 0 Å². The summed E-state index contributed by atoms with van der Waals surface area (Å²) in [7, 11) is -3.51. The van der Waals surface area contributed by atoms with Gasteiger partial charge in [-0.25, -0.2) is 18.1 Å². The zero-order valence-corrected chi connectivity index (χ0v) is 20.2. The number of sulfone groups is 1. The minimum absolute atomic E-state index is 0.0152. The van der Waals surface area contributed by atoms with Crippen molar-refractivity contribution in [3.05, 3.63) is 114 Å². The van der Waals surface area contributed by atoms with Crippen LogP contribution in [0.15, 0.2) is 108 Å². The lowest BCUT2D eigenvalue weighted by Crippen LogP contribution is -2.29. The van der Waals surface area contributed by atoms with E-state index < -0.39 is 9.84 Å². The van der Waals surface area contributed by atoms with Gasteiger partial charge in [-0.2, -0.15) is 5.10 Å². The topological polar surface area (TPSA) is 93.9 Å². The van der Waals surface area contributed by atoms with Gasteiger partial charge in [0.15, 0.2) is 15.5 Å². The van der Waals surface area contributed by atoms with Crippen LogP contribution < -0.4 is 5.32 Å². The fourth-order valence-electron chi connectivity index (χ4n) is 4.00. The first-order chi connectivity index (χ1) is 17.5. The molecule has 0 aliphatic rings. The normalized spacial score (nSPS) is 11.4. The number of hydrogen-bond donors (Lipinski definition) is 1. The summed E-state index contributed by atoms with van der Waals surface area (Å²) in [5.74, 6) is -0.572. The number of amides is 1. The highest BCUT2D eigenvalue weighted by molar-refractivity contribution is 7.91. The molecule has 5 rings (SSSR count). The third-order valence-electron chi connectivity index (χ3n) is 5.86. The van der Waals surface area contributed by atoms with E-state index in [0.717, 1.165) is 11.1 Å². The molecule has 0 aliphatic carbocycles. The predicted octanol–water partition coefficient (Wildman–Crippen LogP) is 4.35. The van der Waals surface area contributed by atoms with Crippen LogP contribution in [0.25, 0.3) is 22.3 Å². The summed E-state index contributed by atoms with van der Waals surface area (Å²) in [6, 6.07) is 29.5. The van der Waals surface area contributed by atoms with Gasteiger partial charge in [-0.1, -0.05) is 78.9 Å². The molecule has 3 aromatic carbocycles.